The normalized spacial score (nSPS) is 12.4. The fourth-order valence-corrected chi connectivity index (χ4v) is 2.34. The first-order valence-corrected chi connectivity index (χ1v) is 6.63. The highest BCUT2D eigenvalue weighted by molar-refractivity contribution is 7.39. The van der Waals surface area contributed by atoms with Crippen molar-refractivity contribution in [3.05, 3.63) is 0 Å². The van der Waals surface area contributed by atoms with Crippen molar-refractivity contribution in [1.29, 1.82) is 0 Å². The molecule has 0 heterocycles. The van der Waals surface area contributed by atoms with E-state index in [4.69, 9.17) is 14.3 Å². The molecule has 0 aromatic heterocycles. The molecule has 0 aromatic carbocycles. The van der Waals surface area contributed by atoms with E-state index < -0.39 is 8.60 Å². The van der Waals surface area contributed by atoms with Crippen molar-refractivity contribution in [3.63, 3.8) is 0 Å². The van der Waals surface area contributed by atoms with Gasteiger partial charge in [0.25, 0.3) is 0 Å². The summed E-state index contributed by atoms with van der Waals surface area (Å²) >= 11 is 0. The molecule has 0 spiro atoms. The largest absolute Gasteiger partial charge is 0.328 e. The molecule has 0 saturated carbocycles. The van der Waals surface area contributed by atoms with Crippen LogP contribution in [-0.2, 0) is 4.52 Å². The van der Waals surface area contributed by atoms with E-state index in [1.54, 1.807) is 0 Å². The van der Waals surface area contributed by atoms with Crippen LogP contribution in [0.2, 0.25) is 0 Å². The maximum absolute atomic E-state index is 8.90. The summed E-state index contributed by atoms with van der Waals surface area (Å²) in [5, 5.41) is 0. The first-order valence-electron chi connectivity index (χ1n) is 5.47. The zero-order chi connectivity index (χ0) is 11.0. The van der Waals surface area contributed by atoms with Gasteiger partial charge in [0.2, 0.25) is 0 Å². The Morgan fingerprint density at radius 3 is 2.00 bits per heavy atom. The van der Waals surface area contributed by atoms with E-state index in [9.17, 15) is 0 Å². The number of hydrogen-bond acceptors (Lipinski definition) is 3. The Kier molecular flexibility index (Phi) is 7.75. The van der Waals surface area contributed by atoms with Gasteiger partial charge in [0.05, 0.1) is 5.60 Å². The molecule has 0 aromatic rings. The van der Waals surface area contributed by atoms with E-state index in [2.05, 4.69) is 6.92 Å². The molecule has 0 unspecified atom stereocenters. The van der Waals surface area contributed by atoms with E-state index in [0.717, 1.165) is 25.7 Å². The molecule has 0 aliphatic heterocycles. The predicted molar refractivity (Wildman–Crippen MR) is 59.9 cm³/mol. The van der Waals surface area contributed by atoms with Crippen LogP contribution in [0.25, 0.3) is 0 Å². The van der Waals surface area contributed by atoms with Crippen molar-refractivity contribution < 1.29 is 14.3 Å². The van der Waals surface area contributed by atoms with Gasteiger partial charge in [0.1, 0.15) is 0 Å². The smallest absolute Gasteiger partial charge is 0.327 e. The molecule has 0 aliphatic rings. The van der Waals surface area contributed by atoms with Gasteiger partial charge >= 0.3 is 8.60 Å². The molecule has 86 valence electrons. The van der Waals surface area contributed by atoms with Crippen molar-refractivity contribution in [1.82, 2.24) is 0 Å². The summed E-state index contributed by atoms with van der Waals surface area (Å²) in [6, 6.07) is 0. The Bertz CT molecular complexity index is 135. The summed E-state index contributed by atoms with van der Waals surface area (Å²) in [7, 11) is -2.22. The van der Waals surface area contributed by atoms with Gasteiger partial charge in [-0.25, -0.2) is 0 Å². The highest BCUT2D eigenvalue weighted by Gasteiger charge is 2.29. The molecule has 0 amide bonds. The predicted octanol–water partition coefficient (Wildman–Crippen LogP) is 3.35. The molecule has 2 N–H and O–H groups in total. The monoisotopic (exact) mass is 222 g/mol. The lowest BCUT2D eigenvalue weighted by Crippen LogP contribution is -2.29. The summed E-state index contributed by atoms with van der Waals surface area (Å²) in [5.74, 6) is 0. The Morgan fingerprint density at radius 2 is 1.64 bits per heavy atom. The van der Waals surface area contributed by atoms with Crippen molar-refractivity contribution in [2.75, 3.05) is 0 Å². The minimum Gasteiger partial charge on any atom is -0.328 e. The zero-order valence-electron chi connectivity index (χ0n) is 9.49. The molecule has 0 fully saturated rings. The van der Waals surface area contributed by atoms with Crippen LogP contribution in [-0.4, -0.2) is 15.4 Å². The fourth-order valence-electron chi connectivity index (χ4n) is 1.65. The average molecular weight is 222 g/mol. The number of unbranched alkanes of at least 4 members (excludes halogenated alkanes) is 2. The second kappa shape index (κ2) is 7.58. The van der Waals surface area contributed by atoms with Gasteiger partial charge in [-0.05, 0) is 19.3 Å². The molecule has 0 rings (SSSR count). The van der Waals surface area contributed by atoms with Gasteiger partial charge in [-0.1, -0.05) is 40.0 Å². The van der Waals surface area contributed by atoms with Crippen molar-refractivity contribution in [2.45, 2.75) is 64.9 Å². The zero-order valence-corrected chi connectivity index (χ0v) is 10.4. The van der Waals surface area contributed by atoms with Crippen LogP contribution in [0.4, 0.5) is 0 Å². The topological polar surface area (TPSA) is 49.7 Å². The average Bonchev–Trinajstić information content (AvgIpc) is 2.16. The number of rotatable bonds is 8. The van der Waals surface area contributed by atoms with Crippen LogP contribution in [0.5, 0.6) is 0 Å². The van der Waals surface area contributed by atoms with E-state index in [-0.39, 0.29) is 5.60 Å². The van der Waals surface area contributed by atoms with Crippen LogP contribution in [0.1, 0.15) is 59.3 Å². The molecule has 0 aliphatic carbocycles. The Labute approximate surface area is 88.5 Å². The third kappa shape index (κ3) is 5.26. The summed E-state index contributed by atoms with van der Waals surface area (Å²) < 4.78 is 5.26. The van der Waals surface area contributed by atoms with Crippen molar-refractivity contribution in [3.8, 4) is 0 Å². The lowest BCUT2D eigenvalue weighted by atomic mass is 9.91. The Balaban J connectivity index is 4.07. The number of hydrogen-bond donors (Lipinski definition) is 2. The van der Waals surface area contributed by atoms with Crippen LogP contribution in [0, 0.1) is 0 Å². The van der Waals surface area contributed by atoms with Crippen LogP contribution >= 0.6 is 8.60 Å². The molecular weight excluding hydrogens is 199 g/mol. The molecule has 0 atom stereocenters. The third-order valence-electron chi connectivity index (χ3n) is 2.80. The molecule has 0 saturated heterocycles. The van der Waals surface area contributed by atoms with E-state index >= 15 is 0 Å². The summed E-state index contributed by atoms with van der Waals surface area (Å²) in [6.45, 7) is 6.23. The highest BCUT2D eigenvalue weighted by Crippen LogP contribution is 2.39. The quantitative estimate of drug-likeness (QED) is 0.489. The van der Waals surface area contributed by atoms with Crippen LogP contribution < -0.4 is 0 Å². The standard InChI is InChI=1S/C10H23O3P/c1-4-7-8-9-10(5-2,6-3)13-14(11)12/h11-12H,4-9H2,1-3H3. The third-order valence-corrected chi connectivity index (χ3v) is 3.35. The molecule has 4 heteroatoms. The second-order valence-corrected chi connectivity index (χ2v) is 4.38. The van der Waals surface area contributed by atoms with Gasteiger partial charge in [0.15, 0.2) is 0 Å². The summed E-state index contributed by atoms with van der Waals surface area (Å²) in [5.41, 5.74) is -0.315. The SMILES string of the molecule is CCCCCC(CC)(CC)OP(O)O. The van der Waals surface area contributed by atoms with Gasteiger partial charge in [-0.3, -0.25) is 0 Å². The summed E-state index contributed by atoms with van der Waals surface area (Å²) in [4.78, 5) is 17.8. The summed E-state index contributed by atoms with van der Waals surface area (Å²) in [6.07, 6.45) is 6.06. The Hall–Kier alpha value is 0.310. The van der Waals surface area contributed by atoms with Crippen molar-refractivity contribution >= 4 is 8.60 Å². The van der Waals surface area contributed by atoms with E-state index in [1.165, 1.54) is 12.8 Å². The molecule has 0 bridgehead atoms. The second-order valence-electron chi connectivity index (χ2n) is 3.69. The molecule has 3 nitrogen and oxygen atoms in total. The minimum absolute atomic E-state index is 0.315. The first-order chi connectivity index (χ1) is 6.60. The van der Waals surface area contributed by atoms with Crippen LogP contribution in [0.3, 0.4) is 0 Å². The van der Waals surface area contributed by atoms with E-state index in [1.807, 2.05) is 13.8 Å². The van der Waals surface area contributed by atoms with E-state index in [0.29, 0.717) is 0 Å². The Morgan fingerprint density at radius 1 is 1.07 bits per heavy atom. The van der Waals surface area contributed by atoms with Gasteiger partial charge in [0, 0.05) is 0 Å². The minimum atomic E-state index is -2.22. The lowest BCUT2D eigenvalue weighted by Gasteiger charge is -2.31. The first kappa shape index (κ1) is 14.3. The fraction of sp³-hybridized carbons (Fsp3) is 1.00. The van der Waals surface area contributed by atoms with Gasteiger partial charge < -0.3 is 14.3 Å². The van der Waals surface area contributed by atoms with Gasteiger partial charge in [-0.15, -0.1) is 0 Å². The van der Waals surface area contributed by atoms with Crippen LogP contribution in [0.15, 0.2) is 0 Å². The van der Waals surface area contributed by atoms with Crippen molar-refractivity contribution in [2.24, 2.45) is 0 Å². The van der Waals surface area contributed by atoms with Gasteiger partial charge in [-0.2, -0.15) is 0 Å². The highest BCUT2D eigenvalue weighted by atomic mass is 31.2. The molecule has 0 radical (unpaired) electrons. The molecular formula is C10H23O3P. The maximum Gasteiger partial charge on any atom is 0.327 e. The maximum atomic E-state index is 8.90. The molecule has 14 heavy (non-hydrogen) atoms. The lowest BCUT2D eigenvalue weighted by molar-refractivity contribution is 0.0357.